The van der Waals surface area contributed by atoms with E-state index in [9.17, 15) is 0 Å². The van der Waals surface area contributed by atoms with Crippen LogP contribution in [0.1, 0.15) is 5.56 Å². The highest BCUT2D eigenvalue weighted by Gasteiger charge is 1.90. The number of ether oxygens (including phenoxy) is 1. The number of hydrogen-bond donors (Lipinski definition) is 0. The van der Waals surface area contributed by atoms with Gasteiger partial charge in [0.05, 0.1) is 7.11 Å². The predicted octanol–water partition coefficient (Wildman–Crippen LogP) is 1.87. The van der Waals surface area contributed by atoms with Crippen LogP contribution in [-0.2, 0) is 6.42 Å². The van der Waals surface area contributed by atoms with E-state index in [1.54, 1.807) is 7.11 Å². The van der Waals surface area contributed by atoms with Gasteiger partial charge in [0.15, 0.2) is 0 Å². The van der Waals surface area contributed by atoms with Crippen molar-refractivity contribution in [2.75, 3.05) is 7.11 Å². The van der Waals surface area contributed by atoms with Crippen LogP contribution in [0.2, 0.25) is 0 Å². The number of hydrogen-bond acceptors (Lipinski definition) is 1. The first-order valence-corrected chi connectivity index (χ1v) is 3.43. The molecule has 1 rings (SSSR count). The molecule has 0 unspecified atom stereocenters. The lowest BCUT2D eigenvalue weighted by atomic mass is 10.1. The Bertz CT molecular complexity index is 253. The van der Waals surface area contributed by atoms with E-state index in [0.717, 1.165) is 11.3 Å². The smallest absolute Gasteiger partial charge is 0.118 e. The lowest BCUT2D eigenvalue weighted by Crippen LogP contribution is -1.84. The Hall–Kier alpha value is -1.42. The second-order valence-electron chi connectivity index (χ2n) is 2.23. The molecule has 0 N–H and O–H groups in total. The second-order valence-corrected chi connectivity index (χ2v) is 2.23. The minimum atomic E-state index is 0.685. The van der Waals surface area contributed by atoms with Gasteiger partial charge in [0.1, 0.15) is 5.75 Å². The zero-order valence-corrected chi connectivity index (χ0v) is 6.50. The average Bonchev–Trinajstić information content (AvgIpc) is 2.07. The molecular weight excluding hydrogens is 136 g/mol. The molecule has 0 aromatic heterocycles. The quantitative estimate of drug-likeness (QED) is 0.579. The summed E-state index contributed by atoms with van der Waals surface area (Å²) < 4.78 is 5.00. The molecule has 1 heteroatoms. The van der Waals surface area contributed by atoms with Crippen molar-refractivity contribution in [2.24, 2.45) is 0 Å². The Morgan fingerprint density at radius 3 is 2.45 bits per heavy atom. The van der Waals surface area contributed by atoms with E-state index < -0.39 is 0 Å². The molecule has 1 aromatic carbocycles. The third-order valence-corrected chi connectivity index (χ3v) is 1.47. The number of terminal acetylenes is 1. The van der Waals surface area contributed by atoms with Crippen molar-refractivity contribution in [3.8, 4) is 18.1 Å². The fourth-order valence-corrected chi connectivity index (χ4v) is 0.861. The second kappa shape index (κ2) is 3.68. The van der Waals surface area contributed by atoms with Crippen LogP contribution < -0.4 is 4.74 Å². The molecule has 56 valence electrons. The van der Waals surface area contributed by atoms with Gasteiger partial charge in [0.25, 0.3) is 0 Å². The van der Waals surface area contributed by atoms with E-state index in [1.165, 1.54) is 0 Å². The summed E-state index contributed by atoms with van der Waals surface area (Å²) in [6.45, 7) is 0. The van der Waals surface area contributed by atoms with Crippen molar-refractivity contribution in [3.05, 3.63) is 29.8 Å². The van der Waals surface area contributed by atoms with Crippen molar-refractivity contribution in [1.82, 2.24) is 0 Å². The molecular formula is C10H10O. The van der Waals surface area contributed by atoms with Crippen LogP contribution in [0.15, 0.2) is 24.3 Å². The molecule has 1 aromatic rings. The molecule has 0 fully saturated rings. The monoisotopic (exact) mass is 146 g/mol. The van der Waals surface area contributed by atoms with E-state index in [0.29, 0.717) is 6.42 Å². The number of benzene rings is 1. The van der Waals surface area contributed by atoms with E-state index in [-0.39, 0.29) is 0 Å². The summed E-state index contributed by atoms with van der Waals surface area (Å²) in [5, 5.41) is 0. The first-order chi connectivity index (χ1) is 5.36. The summed E-state index contributed by atoms with van der Waals surface area (Å²) in [5.41, 5.74) is 1.15. The fraction of sp³-hybridized carbons (Fsp3) is 0.200. The van der Waals surface area contributed by atoms with Gasteiger partial charge in [-0.2, -0.15) is 0 Å². The molecule has 0 aliphatic rings. The summed E-state index contributed by atoms with van der Waals surface area (Å²) in [4.78, 5) is 0. The molecule has 1 nitrogen and oxygen atoms in total. The summed E-state index contributed by atoms with van der Waals surface area (Å²) in [7, 11) is 1.65. The zero-order valence-electron chi connectivity index (χ0n) is 6.50. The summed E-state index contributed by atoms with van der Waals surface area (Å²) in [6.07, 6.45) is 5.83. The van der Waals surface area contributed by atoms with E-state index in [2.05, 4.69) is 5.92 Å². The van der Waals surface area contributed by atoms with Crippen LogP contribution in [0, 0.1) is 12.3 Å². The highest BCUT2D eigenvalue weighted by Crippen LogP contribution is 2.10. The summed E-state index contributed by atoms with van der Waals surface area (Å²) >= 11 is 0. The van der Waals surface area contributed by atoms with Crippen molar-refractivity contribution in [1.29, 1.82) is 0 Å². The molecule has 11 heavy (non-hydrogen) atoms. The minimum Gasteiger partial charge on any atom is -0.497 e. The summed E-state index contributed by atoms with van der Waals surface area (Å²) in [5.74, 6) is 3.45. The van der Waals surface area contributed by atoms with Crippen LogP contribution in [0.25, 0.3) is 0 Å². The van der Waals surface area contributed by atoms with Gasteiger partial charge >= 0.3 is 0 Å². The average molecular weight is 146 g/mol. The maximum atomic E-state index is 5.15. The highest BCUT2D eigenvalue weighted by atomic mass is 16.5. The van der Waals surface area contributed by atoms with Crippen LogP contribution in [-0.4, -0.2) is 7.11 Å². The van der Waals surface area contributed by atoms with E-state index in [4.69, 9.17) is 11.2 Å². The minimum absolute atomic E-state index is 0.685. The molecule has 0 saturated heterocycles. The Balaban J connectivity index is 2.76. The third-order valence-electron chi connectivity index (χ3n) is 1.47. The van der Waals surface area contributed by atoms with Crippen LogP contribution >= 0.6 is 0 Å². The lowest BCUT2D eigenvalue weighted by Gasteiger charge is -1.99. The van der Waals surface area contributed by atoms with Gasteiger partial charge in [-0.25, -0.2) is 0 Å². The zero-order chi connectivity index (χ0) is 8.10. The molecule has 0 atom stereocenters. The van der Waals surface area contributed by atoms with Crippen LogP contribution in [0.3, 0.4) is 0 Å². The Kier molecular flexibility index (Phi) is 2.57. The van der Waals surface area contributed by atoms with E-state index in [1.807, 2.05) is 24.3 Å². The van der Waals surface area contributed by atoms with Crippen LogP contribution in [0.5, 0.6) is 5.75 Å². The summed E-state index contributed by atoms with van der Waals surface area (Å²) in [6, 6.07) is 7.76. The Morgan fingerprint density at radius 2 is 2.00 bits per heavy atom. The number of rotatable bonds is 2. The normalized spacial score (nSPS) is 8.73. The molecule has 0 spiro atoms. The third kappa shape index (κ3) is 2.01. The topological polar surface area (TPSA) is 9.23 Å². The molecule has 0 saturated carbocycles. The van der Waals surface area contributed by atoms with Gasteiger partial charge in [0, 0.05) is 6.42 Å². The molecule has 0 bridgehead atoms. The first-order valence-electron chi connectivity index (χ1n) is 3.43. The predicted molar refractivity (Wildman–Crippen MR) is 45.5 cm³/mol. The van der Waals surface area contributed by atoms with Gasteiger partial charge in [-0.05, 0) is 17.7 Å². The molecule has 0 heterocycles. The van der Waals surface area contributed by atoms with Gasteiger partial charge in [-0.3, -0.25) is 0 Å². The van der Waals surface area contributed by atoms with Crippen molar-refractivity contribution in [3.63, 3.8) is 0 Å². The first kappa shape index (κ1) is 7.68. The largest absolute Gasteiger partial charge is 0.497 e. The maximum Gasteiger partial charge on any atom is 0.118 e. The van der Waals surface area contributed by atoms with Crippen molar-refractivity contribution >= 4 is 0 Å². The maximum absolute atomic E-state index is 5.15. The van der Waals surface area contributed by atoms with Crippen LogP contribution in [0.4, 0.5) is 0 Å². The highest BCUT2D eigenvalue weighted by molar-refractivity contribution is 5.28. The molecule has 0 aliphatic carbocycles. The van der Waals surface area contributed by atoms with Crippen molar-refractivity contribution < 1.29 is 4.74 Å². The molecule has 0 aliphatic heterocycles. The van der Waals surface area contributed by atoms with Gasteiger partial charge in [-0.1, -0.05) is 12.1 Å². The SMILES string of the molecule is C#CCc1ccc(OC)cc1. The van der Waals surface area contributed by atoms with Crippen molar-refractivity contribution in [2.45, 2.75) is 6.42 Å². The lowest BCUT2D eigenvalue weighted by molar-refractivity contribution is 0.414. The fourth-order valence-electron chi connectivity index (χ4n) is 0.861. The van der Waals surface area contributed by atoms with Gasteiger partial charge < -0.3 is 4.74 Å². The standard InChI is InChI=1S/C10H10O/c1-3-4-9-5-7-10(11-2)8-6-9/h1,5-8H,4H2,2H3. The van der Waals surface area contributed by atoms with E-state index >= 15 is 0 Å². The van der Waals surface area contributed by atoms with Gasteiger partial charge in [-0.15, -0.1) is 12.3 Å². The Morgan fingerprint density at radius 1 is 1.36 bits per heavy atom. The molecule has 0 amide bonds. The Labute approximate surface area is 67.0 Å². The number of methoxy groups -OCH3 is 1. The van der Waals surface area contributed by atoms with Gasteiger partial charge in [0.2, 0.25) is 0 Å². The molecule has 0 radical (unpaired) electrons.